The van der Waals surface area contributed by atoms with Crippen LogP contribution in [0.4, 0.5) is 0 Å². The van der Waals surface area contributed by atoms with Crippen molar-refractivity contribution in [1.82, 2.24) is 14.5 Å². The number of hydrogen-bond acceptors (Lipinski definition) is 2. The minimum absolute atomic E-state index is 0.748. The molecule has 2 atom stereocenters. The van der Waals surface area contributed by atoms with Gasteiger partial charge in [0.25, 0.3) is 0 Å². The fourth-order valence-corrected chi connectivity index (χ4v) is 3.99. The van der Waals surface area contributed by atoms with Crippen molar-refractivity contribution in [3.05, 3.63) is 35.2 Å². The summed E-state index contributed by atoms with van der Waals surface area (Å²) >= 11 is 5.56. The van der Waals surface area contributed by atoms with E-state index in [0.717, 1.165) is 34.2 Å². The zero-order valence-corrected chi connectivity index (χ0v) is 13.0. The Hall–Kier alpha value is -1.68. The first-order valence-corrected chi connectivity index (χ1v) is 8.09. The predicted octanol–water partition coefficient (Wildman–Crippen LogP) is 4.68. The van der Waals surface area contributed by atoms with Gasteiger partial charge >= 0.3 is 0 Å². The van der Waals surface area contributed by atoms with Crippen LogP contribution in [0.25, 0.3) is 21.9 Å². The van der Waals surface area contributed by atoms with Gasteiger partial charge in [-0.25, -0.2) is 0 Å². The smallest absolute Gasteiger partial charge is 0.178 e. The van der Waals surface area contributed by atoms with Crippen molar-refractivity contribution in [1.29, 1.82) is 0 Å². The van der Waals surface area contributed by atoms with Crippen LogP contribution in [0.3, 0.4) is 0 Å². The number of pyridine rings is 1. The van der Waals surface area contributed by atoms with Gasteiger partial charge in [0.15, 0.2) is 4.77 Å². The molecule has 0 radical (unpaired) electrons. The average molecular weight is 297 g/mol. The Morgan fingerprint density at radius 1 is 1.33 bits per heavy atom. The van der Waals surface area contributed by atoms with E-state index in [9.17, 15) is 0 Å². The van der Waals surface area contributed by atoms with E-state index in [1.165, 1.54) is 30.2 Å². The van der Waals surface area contributed by atoms with Crippen LogP contribution >= 0.6 is 12.2 Å². The molecular formula is C17H19N3S. The average Bonchev–Trinajstić information content (AvgIpc) is 3.03. The lowest BCUT2D eigenvalue weighted by Gasteiger charge is -2.12. The molecule has 1 saturated carbocycles. The van der Waals surface area contributed by atoms with Crippen molar-refractivity contribution in [3.8, 4) is 0 Å². The van der Waals surface area contributed by atoms with Gasteiger partial charge in [0.2, 0.25) is 0 Å². The Labute approximate surface area is 129 Å². The first kappa shape index (κ1) is 13.0. The molecule has 4 heteroatoms. The third kappa shape index (κ3) is 2.18. The Morgan fingerprint density at radius 2 is 2.19 bits per heavy atom. The molecule has 0 saturated heterocycles. The summed E-state index contributed by atoms with van der Waals surface area (Å²) in [5, 5.41) is 1.19. The zero-order chi connectivity index (χ0) is 14.4. The quantitative estimate of drug-likeness (QED) is 0.697. The predicted molar refractivity (Wildman–Crippen MR) is 88.9 cm³/mol. The maximum atomic E-state index is 5.56. The molecule has 2 aromatic heterocycles. The van der Waals surface area contributed by atoms with Gasteiger partial charge < -0.3 is 9.55 Å². The summed E-state index contributed by atoms with van der Waals surface area (Å²) in [5.41, 5.74) is 3.29. The molecule has 0 spiro atoms. The van der Waals surface area contributed by atoms with Gasteiger partial charge in [0.1, 0.15) is 0 Å². The molecule has 3 nitrogen and oxygen atoms in total. The highest BCUT2D eigenvalue weighted by Crippen LogP contribution is 2.33. The lowest BCUT2D eigenvalue weighted by molar-refractivity contribution is 0.445. The number of nitrogens with zero attached hydrogens (tertiary/aromatic N) is 2. The van der Waals surface area contributed by atoms with E-state index >= 15 is 0 Å². The van der Waals surface area contributed by atoms with Crippen LogP contribution < -0.4 is 0 Å². The second kappa shape index (κ2) is 4.95. The number of fused-ring (bicyclic) bond motifs is 3. The van der Waals surface area contributed by atoms with Crippen molar-refractivity contribution in [3.63, 3.8) is 0 Å². The molecule has 1 aliphatic rings. The van der Waals surface area contributed by atoms with E-state index in [2.05, 4.69) is 39.7 Å². The SMILES string of the molecule is CC1CCC(Cn2c(=S)[nH]c3cnc4ccccc4c32)C1. The molecule has 3 aromatic rings. The van der Waals surface area contributed by atoms with E-state index in [4.69, 9.17) is 12.2 Å². The van der Waals surface area contributed by atoms with Gasteiger partial charge in [-0.05, 0) is 43.0 Å². The lowest BCUT2D eigenvalue weighted by atomic mass is 10.1. The summed E-state index contributed by atoms with van der Waals surface area (Å²) in [6.07, 6.45) is 5.89. The topological polar surface area (TPSA) is 33.6 Å². The first-order valence-electron chi connectivity index (χ1n) is 7.68. The van der Waals surface area contributed by atoms with Crippen molar-refractivity contribution in [2.75, 3.05) is 0 Å². The van der Waals surface area contributed by atoms with Crippen LogP contribution in [0.15, 0.2) is 30.5 Å². The number of nitrogens with one attached hydrogen (secondary N) is 1. The maximum absolute atomic E-state index is 5.56. The monoisotopic (exact) mass is 297 g/mol. The summed E-state index contributed by atoms with van der Waals surface area (Å²) in [4.78, 5) is 7.84. The van der Waals surface area contributed by atoms with Crippen LogP contribution in [-0.4, -0.2) is 14.5 Å². The number of benzene rings is 1. The summed E-state index contributed by atoms with van der Waals surface area (Å²) in [5.74, 6) is 1.60. The fraction of sp³-hybridized carbons (Fsp3) is 0.412. The molecular weight excluding hydrogens is 278 g/mol. The number of aromatic amines is 1. The Bertz CT molecular complexity index is 861. The van der Waals surface area contributed by atoms with E-state index in [0.29, 0.717) is 0 Å². The zero-order valence-electron chi connectivity index (χ0n) is 12.2. The second-order valence-electron chi connectivity index (χ2n) is 6.36. The molecule has 1 aromatic carbocycles. The Balaban J connectivity index is 1.89. The third-order valence-corrected chi connectivity index (χ3v) is 5.07. The van der Waals surface area contributed by atoms with Crippen LogP contribution in [-0.2, 0) is 6.54 Å². The molecule has 1 N–H and O–H groups in total. The van der Waals surface area contributed by atoms with Crippen molar-refractivity contribution >= 4 is 34.2 Å². The van der Waals surface area contributed by atoms with E-state index in [-0.39, 0.29) is 0 Å². The van der Waals surface area contributed by atoms with E-state index in [1.807, 2.05) is 12.3 Å². The van der Waals surface area contributed by atoms with E-state index in [1.54, 1.807) is 0 Å². The maximum Gasteiger partial charge on any atom is 0.178 e. The number of imidazole rings is 1. The first-order chi connectivity index (χ1) is 10.2. The molecule has 4 rings (SSSR count). The summed E-state index contributed by atoms with van der Waals surface area (Å²) in [6, 6.07) is 8.31. The molecule has 108 valence electrons. The highest BCUT2D eigenvalue weighted by atomic mass is 32.1. The standard InChI is InChI=1S/C17H19N3S/c1-11-6-7-12(8-11)10-20-16-13-4-2-3-5-14(13)18-9-15(16)19-17(20)21/h2-5,9,11-12H,6-8,10H2,1H3,(H,19,21). The molecule has 0 aliphatic heterocycles. The summed E-state index contributed by atoms with van der Waals surface area (Å²) < 4.78 is 3.11. The molecule has 21 heavy (non-hydrogen) atoms. The van der Waals surface area contributed by atoms with Crippen LogP contribution in [0.2, 0.25) is 0 Å². The minimum atomic E-state index is 0.748. The number of aromatic nitrogens is 3. The molecule has 2 unspecified atom stereocenters. The third-order valence-electron chi connectivity index (χ3n) is 4.75. The van der Waals surface area contributed by atoms with Gasteiger partial charge in [-0.1, -0.05) is 31.5 Å². The van der Waals surface area contributed by atoms with Crippen LogP contribution in [0, 0.1) is 16.6 Å². The lowest BCUT2D eigenvalue weighted by Crippen LogP contribution is -2.08. The highest BCUT2D eigenvalue weighted by molar-refractivity contribution is 7.71. The van der Waals surface area contributed by atoms with Crippen LogP contribution in [0.5, 0.6) is 0 Å². The number of H-pyrrole nitrogens is 1. The normalized spacial score (nSPS) is 22.3. The van der Waals surface area contributed by atoms with Crippen molar-refractivity contribution in [2.45, 2.75) is 32.7 Å². The Morgan fingerprint density at radius 3 is 3.00 bits per heavy atom. The number of hydrogen-bond donors (Lipinski definition) is 1. The van der Waals surface area contributed by atoms with Crippen LogP contribution in [0.1, 0.15) is 26.2 Å². The molecule has 2 heterocycles. The number of rotatable bonds is 2. The van der Waals surface area contributed by atoms with E-state index < -0.39 is 0 Å². The largest absolute Gasteiger partial charge is 0.329 e. The number of para-hydroxylation sites is 1. The Kier molecular flexibility index (Phi) is 3.07. The minimum Gasteiger partial charge on any atom is -0.329 e. The molecule has 1 fully saturated rings. The summed E-state index contributed by atoms with van der Waals surface area (Å²) in [6.45, 7) is 3.38. The molecule has 1 aliphatic carbocycles. The summed E-state index contributed by atoms with van der Waals surface area (Å²) in [7, 11) is 0. The fourth-order valence-electron chi connectivity index (χ4n) is 3.72. The van der Waals surface area contributed by atoms with Gasteiger partial charge in [-0.15, -0.1) is 0 Å². The highest BCUT2D eigenvalue weighted by Gasteiger charge is 2.22. The van der Waals surface area contributed by atoms with Gasteiger partial charge in [-0.2, -0.15) is 0 Å². The van der Waals surface area contributed by atoms with Gasteiger partial charge in [-0.3, -0.25) is 4.98 Å². The van der Waals surface area contributed by atoms with Crippen molar-refractivity contribution < 1.29 is 0 Å². The van der Waals surface area contributed by atoms with Crippen molar-refractivity contribution in [2.24, 2.45) is 11.8 Å². The van der Waals surface area contributed by atoms with Gasteiger partial charge in [0, 0.05) is 11.9 Å². The molecule has 0 amide bonds. The molecule has 0 bridgehead atoms. The second-order valence-corrected chi connectivity index (χ2v) is 6.75. The van der Waals surface area contributed by atoms with Gasteiger partial charge in [0.05, 0.1) is 22.7 Å².